The van der Waals surface area contributed by atoms with Crippen molar-refractivity contribution >= 4 is 29.1 Å². The van der Waals surface area contributed by atoms with E-state index < -0.39 is 5.97 Å². The fourth-order valence-electron chi connectivity index (χ4n) is 5.67. The standard InChI is InChI=1S/C31H31NO2.ClH/c1-21-26(14-7-15-27(21)31(33)34)30-19-22(18-25-9-3-5-13-29(25)30)20-32-17-16-24-11-6-10-23-8-2-4-12-28(23)24;/h2-15,22,30,32H,16-20H2,1H3,(H,33,34);1H. The predicted molar refractivity (Wildman–Crippen MR) is 146 cm³/mol. The predicted octanol–water partition coefficient (Wildman–Crippen LogP) is 6.79. The van der Waals surface area contributed by atoms with Crippen molar-refractivity contribution in [2.45, 2.75) is 32.1 Å². The molecule has 4 aromatic rings. The van der Waals surface area contributed by atoms with E-state index in [0.29, 0.717) is 11.5 Å². The van der Waals surface area contributed by atoms with Gasteiger partial charge in [-0.2, -0.15) is 0 Å². The number of aromatic carboxylic acids is 1. The molecular weight excluding hydrogens is 454 g/mol. The Hall–Kier alpha value is -3.14. The van der Waals surface area contributed by atoms with Crippen molar-refractivity contribution in [2.75, 3.05) is 13.1 Å². The maximum Gasteiger partial charge on any atom is 0.335 e. The van der Waals surface area contributed by atoms with Gasteiger partial charge in [0.2, 0.25) is 0 Å². The maximum atomic E-state index is 11.7. The van der Waals surface area contributed by atoms with Gasteiger partial charge in [-0.05, 0) is 89.8 Å². The zero-order valence-electron chi connectivity index (χ0n) is 20.0. The molecule has 0 bridgehead atoms. The van der Waals surface area contributed by atoms with Crippen LogP contribution in [-0.4, -0.2) is 24.2 Å². The first-order chi connectivity index (χ1) is 16.6. The van der Waals surface area contributed by atoms with Gasteiger partial charge in [0.15, 0.2) is 0 Å². The third-order valence-corrected chi connectivity index (χ3v) is 7.37. The fraction of sp³-hybridized carbons (Fsp3) is 0.258. The number of carboxylic acid groups (broad SMARTS) is 1. The molecule has 4 aromatic carbocycles. The summed E-state index contributed by atoms with van der Waals surface area (Å²) in [5.41, 5.74) is 6.57. The third-order valence-electron chi connectivity index (χ3n) is 7.37. The molecule has 2 N–H and O–H groups in total. The second kappa shape index (κ2) is 11.1. The summed E-state index contributed by atoms with van der Waals surface area (Å²) in [4.78, 5) is 11.7. The molecule has 0 aliphatic heterocycles. The molecule has 5 rings (SSSR count). The zero-order valence-corrected chi connectivity index (χ0v) is 20.9. The molecule has 0 radical (unpaired) electrons. The molecule has 0 saturated heterocycles. The second-order valence-corrected chi connectivity index (χ2v) is 9.47. The fourth-order valence-corrected chi connectivity index (χ4v) is 5.67. The van der Waals surface area contributed by atoms with Crippen molar-refractivity contribution < 1.29 is 9.90 Å². The van der Waals surface area contributed by atoms with Crippen molar-refractivity contribution in [2.24, 2.45) is 5.92 Å². The topological polar surface area (TPSA) is 49.3 Å². The smallest absolute Gasteiger partial charge is 0.335 e. The van der Waals surface area contributed by atoms with Crippen LogP contribution in [0.15, 0.2) is 84.9 Å². The number of hydrogen-bond donors (Lipinski definition) is 2. The van der Waals surface area contributed by atoms with Crippen molar-refractivity contribution in [3.63, 3.8) is 0 Å². The van der Waals surface area contributed by atoms with E-state index >= 15 is 0 Å². The minimum absolute atomic E-state index is 0. The second-order valence-electron chi connectivity index (χ2n) is 9.47. The molecular formula is C31H32ClNO2. The number of rotatable bonds is 7. The van der Waals surface area contributed by atoms with E-state index in [2.05, 4.69) is 78.1 Å². The van der Waals surface area contributed by atoms with Gasteiger partial charge in [0, 0.05) is 5.92 Å². The summed E-state index contributed by atoms with van der Waals surface area (Å²) in [6.07, 6.45) is 3.10. The van der Waals surface area contributed by atoms with E-state index in [-0.39, 0.29) is 18.3 Å². The summed E-state index contributed by atoms with van der Waals surface area (Å²) in [5, 5.41) is 16.0. The average Bonchev–Trinajstić information content (AvgIpc) is 2.86. The lowest BCUT2D eigenvalue weighted by molar-refractivity contribution is 0.0696. The molecule has 0 spiro atoms. The van der Waals surface area contributed by atoms with Crippen molar-refractivity contribution in [3.05, 3.63) is 118 Å². The number of halogens is 1. The quantitative estimate of drug-likeness (QED) is 0.283. The van der Waals surface area contributed by atoms with E-state index in [1.165, 1.54) is 27.5 Å². The summed E-state index contributed by atoms with van der Waals surface area (Å²) in [5.74, 6) is -0.107. The molecule has 180 valence electrons. The van der Waals surface area contributed by atoms with E-state index in [0.717, 1.165) is 43.5 Å². The third kappa shape index (κ3) is 5.27. The number of carbonyl (C=O) groups is 1. The van der Waals surface area contributed by atoms with Crippen LogP contribution in [0.3, 0.4) is 0 Å². The highest BCUT2D eigenvalue weighted by molar-refractivity contribution is 5.89. The molecule has 4 heteroatoms. The van der Waals surface area contributed by atoms with Crippen LogP contribution in [0.4, 0.5) is 0 Å². The average molecular weight is 486 g/mol. The van der Waals surface area contributed by atoms with Crippen LogP contribution in [0.1, 0.15) is 50.5 Å². The Balaban J connectivity index is 0.00000289. The normalized spacial score (nSPS) is 16.9. The van der Waals surface area contributed by atoms with Gasteiger partial charge in [0.1, 0.15) is 0 Å². The van der Waals surface area contributed by atoms with Gasteiger partial charge < -0.3 is 10.4 Å². The molecule has 1 aliphatic carbocycles. The lowest BCUT2D eigenvalue weighted by Gasteiger charge is -2.33. The SMILES string of the molecule is Cc1c(C(=O)O)cccc1C1CC(CNCCc2cccc3ccccc23)Cc2ccccc21.Cl. The van der Waals surface area contributed by atoms with Crippen molar-refractivity contribution in [1.82, 2.24) is 5.32 Å². The van der Waals surface area contributed by atoms with Gasteiger partial charge in [-0.1, -0.05) is 78.9 Å². The van der Waals surface area contributed by atoms with E-state index in [9.17, 15) is 9.90 Å². The summed E-state index contributed by atoms with van der Waals surface area (Å²) in [7, 11) is 0. The molecule has 35 heavy (non-hydrogen) atoms. The first-order valence-corrected chi connectivity index (χ1v) is 12.2. The molecule has 1 aliphatic rings. The Kier molecular flexibility index (Phi) is 7.90. The minimum atomic E-state index is -0.852. The number of fused-ring (bicyclic) bond motifs is 2. The van der Waals surface area contributed by atoms with Crippen LogP contribution in [0, 0.1) is 12.8 Å². The number of carboxylic acids is 1. The highest BCUT2D eigenvalue weighted by Gasteiger charge is 2.29. The highest BCUT2D eigenvalue weighted by atomic mass is 35.5. The molecule has 0 saturated carbocycles. The van der Waals surface area contributed by atoms with Crippen LogP contribution in [0.2, 0.25) is 0 Å². The van der Waals surface area contributed by atoms with Crippen LogP contribution in [0.25, 0.3) is 10.8 Å². The summed E-state index contributed by atoms with van der Waals surface area (Å²) in [6.45, 7) is 3.87. The van der Waals surface area contributed by atoms with E-state index in [4.69, 9.17) is 0 Å². The van der Waals surface area contributed by atoms with E-state index in [1.807, 2.05) is 13.0 Å². The lowest BCUT2D eigenvalue weighted by Crippen LogP contribution is -2.30. The zero-order chi connectivity index (χ0) is 23.5. The molecule has 2 unspecified atom stereocenters. The van der Waals surface area contributed by atoms with Gasteiger partial charge in [0.05, 0.1) is 5.56 Å². The molecule has 0 amide bonds. The van der Waals surface area contributed by atoms with Crippen LogP contribution in [0.5, 0.6) is 0 Å². The largest absolute Gasteiger partial charge is 0.478 e. The highest BCUT2D eigenvalue weighted by Crippen LogP contribution is 2.40. The van der Waals surface area contributed by atoms with Gasteiger partial charge in [-0.15, -0.1) is 12.4 Å². The van der Waals surface area contributed by atoms with Crippen molar-refractivity contribution in [3.8, 4) is 0 Å². The van der Waals surface area contributed by atoms with Gasteiger partial charge >= 0.3 is 5.97 Å². The van der Waals surface area contributed by atoms with Gasteiger partial charge in [0.25, 0.3) is 0 Å². The minimum Gasteiger partial charge on any atom is -0.478 e. The Morgan fingerprint density at radius 1 is 0.914 bits per heavy atom. The summed E-state index contributed by atoms with van der Waals surface area (Å²) < 4.78 is 0. The van der Waals surface area contributed by atoms with Crippen LogP contribution in [-0.2, 0) is 12.8 Å². The number of nitrogens with one attached hydrogen (secondary N) is 1. The van der Waals surface area contributed by atoms with E-state index in [1.54, 1.807) is 6.07 Å². The molecule has 2 atom stereocenters. The Morgan fingerprint density at radius 2 is 1.63 bits per heavy atom. The van der Waals surface area contributed by atoms with Gasteiger partial charge in [-0.25, -0.2) is 4.79 Å². The van der Waals surface area contributed by atoms with Crippen molar-refractivity contribution in [1.29, 1.82) is 0 Å². The Bertz CT molecular complexity index is 1330. The first kappa shape index (κ1) is 25.0. The van der Waals surface area contributed by atoms with Crippen LogP contribution >= 0.6 is 12.4 Å². The number of hydrogen-bond acceptors (Lipinski definition) is 2. The Morgan fingerprint density at radius 3 is 2.49 bits per heavy atom. The van der Waals surface area contributed by atoms with Crippen LogP contribution < -0.4 is 5.32 Å². The molecule has 3 nitrogen and oxygen atoms in total. The summed E-state index contributed by atoms with van der Waals surface area (Å²) >= 11 is 0. The molecule has 0 aromatic heterocycles. The monoisotopic (exact) mass is 485 g/mol. The molecule has 0 heterocycles. The maximum absolute atomic E-state index is 11.7. The number of benzene rings is 4. The molecule has 0 fully saturated rings. The van der Waals surface area contributed by atoms with Gasteiger partial charge in [-0.3, -0.25) is 0 Å². The Labute approximate surface area is 213 Å². The first-order valence-electron chi connectivity index (χ1n) is 12.2. The lowest BCUT2D eigenvalue weighted by atomic mass is 9.72. The summed E-state index contributed by atoms with van der Waals surface area (Å²) in [6, 6.07) is 29.5.